The number of aliphatic hydroxyl groups is 1. The molecule has 0 aromatic heterocycles. The molecule has 2 aliphatic rings. The summed E-state index contributed by atoms with van der Waals surface area (Å²) in [5.41, 5.74) is 1.29. The van der Waals surface area contributed by atoms with Crippen molar-refractivity contribution in [3.63, 3.8) is 0 Å². The zero-order valence-corrected chi connectivity index (χ0v) is 12.3. The molecule has 0 radical (unpaired) electrons. The predicted octanol–water partition coefficient (Wildman–Crippen LogP) is 2.68. The summed E-state index contributed by atoms with van der Waals surface area (Å²) >= 11 is 0. The highest BCUT2D eigenvalue weighted by Crippen LogP contribution is 2.34. The molecule has 0 saturated heterocycles. The molecule has 112 valence electrons. The van der Waals surface area contributed by atoms with Crippen molar-refractivity contribution in [1.29, 1.82) is 0 Å². The molecule has 21 heavy (non-hydrogen) atoms. The van der Waals surface area contributed by atoms with Crippen LogP contribution in [0.1, 0.15) is 43.2 Å². The van der Waals surface area contributed by atoms with Gasteiger partial charge in [0, 0.05) is 5.92 Å². The number of amides is 1. The van der Waals surface area contributed by atoms with Crippen molar-refractivity contribution in [2.45, 2.75) is 44.1 Å². The number of hydrogen-bond acceptors (Lipinski definition) is 2. The lowest BCUT2D eigenvalue weighted by atomic mass is 9.79. The minimum Gasteiger partial charge on any atom is -0.383 e. The van der Waals surface area contributed by atoms with E-state index in [1.807, 2.05) is 18.2 Å². The summed E-state index contributed by atoms with van der Waals surface area (Å²) in [7, 11) is 0. The first-order chi connectivity index (χ1) is 10.2. The fraction of sp³-hybridized carbons (Fsp3) is 0.500. The zero-order chi connectivity index (χ0) is 14.7. The molecule has 1 aromatic carbocycles. The van der Waals surface area contributed by atoms with E-state index in [-0.39, 0.29) is 11.8 Å². The molecule has 2 atom stereocenters. The van der Waals surface area contributed by atoms with Gasteiger partial charge in [0.25, 0.3) is 0 Å². The smallest absolute Gasteiger partial charge is 0.223 e. The van der Waals surface area contributed by atoms with Crippen LogP contribution in [-0.4, -0.2) is 17.6 Å². The third kappa shape index (κ3) is 3.03. The van der Waals surface area contributed by atoms with Crippen LogP contribution in [-0.2, 0) is 16.8 Å². The van der Waals surface area contributed by atoms with Crippen LogP contribution in [0.2, 0.25) is 0 Å². The fourth-order valence-corrected chi connectivity index (χ4v) is 3.49. The third-order valence-corrected chi connectivity index (χ3v) is 4.75. The first kappa shape index (κ1) is 14.3. The van der Waals surface area contributed by atoms with Crippen molar-refractivity contribution in [3.05, 3.63) is 47.5 Å². The van der Waals surface area contributed by atoms with Crippen LogP contribution in [0.5, 0.6) is 0 Å². The highest BCUT2D eigenvalue weighted by molar-refractivity contribution is 5.79. The molecule has 1 amide bonds. The van der Waals surface area contributed by atoms with E-state index in [2.05, 4.69) is 23.5 Å². The van der Waals surface area contributed by atoms with Gasteiger partial charge in [-0.3, -0.25) is 4.79 Å². The molecule has 3 nitrogen and oxygen atoms in total. The Morgan fingerprint density at radius 2 is 2.19 bits per heavy atom. The van der Waals surface area contributed by atoms with E-state index in [1.165, 1.54) is 5.56 Å². The average Bonchev–Trinajstić information content (AvgIpc) is 2.54. The van der Waals surface area contributed by atoms with Gasteiger partial charge >= 0.3 is 0 Å². The summed E-state index contributed by atoms with van der Waals surface area (Å²) in [5.74, 6) is 0.147. The lowest BCUT2D eigenvalue weighted by molar-refractivity contribution is -0.126. The van der Waals surface area contributed by atoms with Crippen molar-refractivity contribution < 1.29 is 9.90 Å². The first-order valence-electron chi connectivity index (χ1n) is 7.92. The van der Waals surface area contributed by atoms with E-state index in [4.69, 9.17) is 0 Å². The van der Waals surface area contributed by atoms with Crippen LogP contribution >= 0.6 is 0 Å². The fourth-order valence-electron chi connectivity index (χ4n) is 3.49. The van der Waals surface area contributed by atoms with Crippen molar-refractivity contribution in [2.75, 3.05) is 6.54 Å². The van der Waals surface area contributed by atoms with Crippen LogP contribution in [0.4, 0.5) is 0 Å². The van der Waals surface area contributed by atoms with E-state index in [9.17, 15) is 9.90 Å². The van der Waals surface area contributed by atoms with Gasteiger partial charge in [-0.1, -0.05) is 36.4 Å². The van der Waals surface area contributed by atoms with Gasteiger partial charge in [-0.25, -0.2) is 0 Å². The largest absolute Gasteiger partial charge is 0.383 e. The quantitative estimate of drug-likeness (QED) is 0.839. The van der Waals surface area contributed by atoms with Crippen LogP contribution in [0.3, 0.4) is 0 Å². The van der Waals surface area contributed by atoms with Gasteiger partial charge in [-0.2, -0.15) is 0 Å². The molecule has 0 saturated carbocycles. The number of nitrogens with one attached hydrogen (secondary N) is 1. The Morgan fingerprint density at radius 1 is 1.33 bits per heavy atom. The number of rotatable bonds is 3. The van der Waals surface area contributed by atoms with Crippen LogP contribution in [0, 0.1) is 5.92 Å². The van der Waals surface area contributed by atoms with Crippen LogP contribution in [0.25, 0.3) is 0 Å². The molecule has 0 bridgehead atoms. The maximum Gasteiger partial charge on any atom is 0.223 e. The Hall–Kier alpha value is -1.61. The normalized spacial score (nSPS) is 28.0. The Morgan fingerprint density at radius 3 is 3.00 bits per heavy atom. The first-order valence-corrected chi connectivity index (χ1v) is 7.92. The van der Waals surface area contributed by atoms with Gasteiger partial charge in [0.1, 0.15) is 5.60 Å². The summed E-state index contributed by atoms with van der Waals surface area (Å²) in [6.45, 7) is 0.322. The summed E-state index contributed by atoms with van der Waals surface area (Å²) in [6, 6.07) is 8.04. The van der Waals surface area contributed by atoms with Crippen LogP contribution < -0.4 is 5.32 Å². The zero-order valence-electron chi connectivity index (χ0n) is 12.3. The Kier molecular flexibility index (Phi) is 4.11. The highest BCUT2D eigenvalue weighted by Gasteiger charge is 2.34. The summed E-state index contributed by atoms with van der Waals surface area (Å²) < 4.78 is 0. The second-order valence-corrected chi connectivity index (χ2v) is 6.24. The number of carbonyl (C=O) groups excluding carboxylic acids is 1. The van der Waals surface area contributed by atoms with Gasteiger partial charge in [0.15, 0.2) is 0 Å². The molecule has 0 heterocycles. The molecule has 0 fully saturated rings. The molecule has 0 aliphatic heterocycles. The SMILES string of the molecule is O=C(NCC1(O)CCCc2ccccc21)C1CC=CCC1. The lowest BCUT2D eigenvalue weighted by Gasteiger charge is -2.35. The summed E-state index contributed by atoms with van der Waals surface area (Å²) in [5, 5.41) is 13.9. The van der Waals surface area contributed by atoms with E-state index in [0.717, 1.165) is 44.1 Å². The van der Waals surface area contributed by atoms with Crippen molar-refractivity contribution >= 4 is 5.91 Å². The lowest BCUT2D eigenvalue weighted by Crippen LogP contribution is -2.44. The summed E-state index contributed by atoms with van der Waals surface area (Å²) in [6.07, 6.45) is 9.63. The van der Waals surface area contributed by atoms with Gasteiger partial charge in [-0.15, -0.1) is 0 Å². The predicted molar refractivity (Wildman–Crippen MR) is 82.8 cm³/mol. The van der Waals surface area contributed by atoms with Crippen molar-refractivity contribution in [3.8, 4) is 0 Å². The van der Waals surface area contributed by atoms with Crippen molar-refractivity contribution in [1.82, 2.24) is 5.32 Å². The maximum atomic E-state index is 12.2. The Balaban J connectivity index is 1.67. The van der Waals surface area contributed by atoms with Gasteiger partial charge < -0.3 is 10.4 Å². The van der Waals surface area contributed by atoms with Gasteiger partial charge in [0.2, 0.25) is 5.91 Å². The Labute approximate surface area is 126 Å². The third-order valence-electron chi connectivity index (χ3n) is 4.75. The molecular formula is C18H23NO2. The maximum absolute atomic E-state index is 12.2. The second-order valence-electron chi connectivity index (χ2n) is 6.24. The highest BCUT2D eigenvalue weighted by atomic mass is 16.3. The number of allylic oxidation sites excluding steroid dienone is 2. The summed E-state index contributed by atoms with van der Waals surface area (Å²) in [4.78, 5) is 12.2. The number of benzene rings is 1. The number of hydrogen-bond donors (Lipinski definition) is 2. The van der Waals surface area contributed by atoms with E-state index in [1.54, 1.807) is 0 Å². The van der Waals surface area contributed by atoms with E-state index in [0.29, 0.717) is 6.54 Å². The molecular weight excluding hydrogens is 262 g/mol. The Bertz CT molecular complexity index is 552. The minimum absolute atomic E-state index is 0.0671. The van der Waals surface area contributed by atoms with Crippen molar-refractivity contribution in [2.24, 2.45) is 5.92 Å². The van der Waals surface area contributed by atoms with E-state index >= 15 is 0 Å². The van der Waals surface area contributed by atoms with E-state index < -0.39 is 5.60 Å². The molecule has 2 aliphatic carbocycles. The topological polar surface area (TPSA) is 49.3 Å². The number of carbonyl (C=O) groups is 1. The molecule has 0 spiro atoms. The average molecular weight is 285 g/mol. The molecule has 2 N–H and O–H groups in total. The van der Waals surface area contributed by atoms with Gasteiger partial charge in [0.05, 0.1) is 6.54 Å². The standard InChI is InChI=1S/C18H23NO2/c20-17(15-8-2-1-3-9-15)19-13-18(21)12-6-10-14-7-4-5-11-16(14)18/h1-2,4-5,7,11,15,21H,3,6,8-10,12-13H2,(H,19,20). The minimum atomic E-state index is -0.908. The molecule has 3 rings (SSSR count). The van der Waals surface area contributed by atoms with Gasteiger partial charge in [-0.05, 0) is 49.7 Å². The number of fused-ring (bicyclic) bond motifs is 1. The number of aryl methyl sites for hydroxylation is 1. The second kappa shape index (κ2) is 6.02. The monoisotopic (exact) mass is 285 g/mol. The molecule has 2 unspecified atom stereocenters. The molecule has 1 aromatic rings. The molecule has 3 heteroatoms. The van der Waals surface area contributed by atoms with Crippen LogP contribution in [0.15, 0.2) is 36.4 Å².